The van der Waals surface area contributed by atoms with E-state index in [-0.39, 0.29) is 23.5 Å². The molecule has 1 aliphatic rings. The summed E-state index contributed by atoms with van der Waals surface area (Å²) >= 11 is 0. The molecule has 0 aromatic carbocycles. The minimum absolute atomic E-state index is 0.0185. The first-order valence-electron chi connectivity index (χ1n) is 15.5. The number of aliphatic hydroxyl groups excluding tert-OH is 2. The van der Waals surface area contributed by atoms with E-state index in [4.69, 9.17) is 4.74 Å². The third-order valence-corrected chi connectivity index (χ3v) is 8.12. The van der Waals surface area contributed by atoms with E-state index < -0.39 is 48.0 Å². The summed E-state index contributed by atoms with van der Waals surface area (Å²) in [6.07, 6.45) is 11.6. The van der Waals surface area contributed by atoms with Crippen molar-refractivity contribution < 1.29 is 34.8 Å². The third kappa shape index (κ3) is 8.92. The number of nitrogens with zero attached hydrogens (tertiary/aromatic N) is 2. The number of hydrogen-bond donors (Lipinski definition) is 6. The van der Waals surface area contributed by atoms with Crippen molar-refractivity contribution in [2.45, 2.75) is 153 Å². The molecule has 1 unspecified atom stereocenters. The second-order valence-corrected chi connectivity index (χ2v) is 11.3. The van der Waals surface area contributed by atoms with E-state index in [0.29, 0.717) is 17.4 Å². The Morgan fingerprint density at radius 2 is 1.44 bits per heavy atom. The van der Waals surface area contributed by atoms with Gasteiger partial charge in [-0.2, -0.15) is 0 Å². The number of rotatable bonds is 21. The SMILES string of the molecule is CCCCCCCCCCCCCCCCCC(F)N(O)[C@@]1(O)[C@H](O)[C@@H](CO)O[C@]1(O)n1cc(CC)c(=O)[nH]c1=O. The number of aromatic amines is 1. The topological polar surface area (TPSA) is 168 Å². The molecule has 238 valence electrons. The van der Waals surface area contributed by atoms with Gasteiger partial charge in [0.2, 0.25) is 5.72 Å². The van der Waals surface area contributed by atoms with Gasteiger partial charge < -0.3 is 30.4 Å². The zero-order valence-corrected chi connectivity index (χ0v) is 24.8. The van der Waals surface area contributed by atoms with E-state index >= 15 is 4.39 Å². The van der Waals surface area contributed by atoms with Gasteiger partial charge in [-0.25, -0.2) is 13.8 Å². The van der Waals surface area contributed by atoms with Crippen molar-refractivity contribution in [3.05, 3.63) is 32.6 Å². The molecular weight excluding hydrogens is 537 g/mol. The molecule has 0 radical (unpaired) electrons. The molecule has 1 fully saturated rings. The lowest BCUT2D eigenvalue weighted by molar-refractivity contribution is -0.428. The predicted molar refractivity (Wildman–Crippen MR) is 152 cm³/mol. The monoisotopic (exact) mass is 589 g/mol. The molecule has 11 nitrogen and oxygen atoms in total. The number of H-pyrrole nitrogens is 1. The van der Waals surface area contributed by atoms with Gasteiger partial charge in [-0.15, -0.1) is 5.06 Å². The van der Waals surface area contributed by atoms with Gasteiger partial charge in [0.15, 0.2) is 6.30 Å². The fraction of sp³-hybridized carbons (Fsp3) is 0.862. The van der Waals surface area contributed by atoms with Crippen LogP contribution in [0.15, 0.2) is 15.8 Å². The third-order valence-electron chi connectivity index (χ3n) is 8.12. The average Bonchev–Trinajstić information content (AvgIpc) is 3.16. The largest absolute Gasteiger partial charge is 0.394 e. The maximum Gasteiger partial charge on any atom is 0.332 e. The summed E-state index contributed by atoms with van der Waals surface area (Å²) in [7, 11) is 0. The zero-order chi connectivity index (χ0) is 30.5. The van der Waals surface area contributed by atoms with Crippen LogP contribution in [0.1, 0.15) is 122 Å². The average molecular weight is 590 g/mol. The molecule has 12 heteroatoms. The Kier molecular flexibility index (Phi) is 15.1. The number of halogens is 1. The van der Waals surface area contributed by atoms with Crippen LogP contribution in [0.5, 0.6) is 0 Å². The van der Waals surface area contributed by atoms with Gasteiger partial charge in [-0.05, 0) is 19.3 Å². The van der Waals surface area contributed by atoms with Crippen LogP contribution in [-0.4, -0.2) is 71.1 Å². The number of unbranched alkanes of at least 4 members (excludes halogenated alkanes) is 14. The van der Waals surface area contributed by atoms with Crippen LogP contribution < -0.4 is 11.2 Å². The standard InChI is InChI=1S/C29H52FN3O8/c1-3-5-6-7-8-9-10-11-12-13-14-15-16-17-18-19-24(30)33(40)28(38)25(35)23(21-34)41-29(28,39)32-20-22(4-2)26(36)31-27(32)37/h20,23-25,34-35,38-40H,3-19,21H2,1-2H3,(H,31,36,37)/t23-,24?,25-,28-,29+/m1/s1. The summed E-state index contributed by atoms with van der Waals surface area (Å²) in [5, 5.41) is 53.3. The lowest BCUT2D eigenvalue weighted by Crippen LogP contribution is -2.69. The predicted octanol–water partition coefficient (Wildman–Crippen LogP) is 3.39. The number of hydroxylamine groups is 2. The fourth-order valence-electron chi connectivity index (χ4n) is 5.48. The number of aryl methyl sites for hydroxylation is 1. The van der Waals surface area contributed by atoms with Crippen molar-refractivity contribution in [1.29, 1.82) is 0 Å². The Morgan fingerprint density at radius 1 is 0.951 bits per heavy atom. The van der Waals surface area contributed by atoms with Gasteiger partial charge in [0, 0.05) is 11.8 Å². The fourth-order valence-corrected chi connectivity index (χ4v) is 5.48. The molecule has 2 heterocycles. The highest BCUT2D eigenvalue weighted by atomic mass is 19.1. The molecule has 1 aromatic rings. The second kappa shape index (κ2) is 17.4. The first-order chi connectivity index (χ1) is 19.6. The first kappa shape index (κ1) is 35.5. The summed E-state index contributed by atoms with van der Waals surface area (Å²) in [6, 6.07) is 0. The second-order valence-electron chi connectivity index (χ2n) is 11.3. The Morgan fingerprint density at radius 3 is 1.90 bits per heavy atom. The molecule has 0 saturated carbocycles. The van der Waals surface area contributed by atoms with Crippen LogP contribution in [0.2, 0.25) is 0 Å². The Hall–Kier alpha value is -1.67. The maximum absolute atomic E-state index is 15.2. The minimum Gasteiger partial charge on any atom is -0.394 e. The minimum atomic E-state index is -3.29. The number of hydrogen-bond acceptors (Lipinski definition) is 9. The van der Waals surface area contributed by atoms with Gasteiger partial charge >= 0.3 is 11.6 Å². The van der Waals surface area contributed by atoms with E-state index in [0.717, 1.165) is 25.5 Å². The Labute approximate surface area is 241 Å². The van der Waals surface area contributed by atoms with E-state index in [1.807, 2.05) is 4.98 Å². The van der Waals surface area contributed by atoms with Crippen molar-refractivity contribution in [3.8, 4) is 0 Å². The lowest BCUT2D eigenvalue weighted by Gasteiger charge is -2.43. The number of aromatic nitrogens is 2. The van der Waals surface area contributed by atoms with Crippen LogP contribution in [0, 0.1) is 0 Å². The zero-order valence-electron chi connectivity index (χ0n) is 24.8. The molecule has 2 rings (SSSR count). The van der Waals surface area contributed by atoms with E-state index in [1.165, 1.54) is 64.2 Å². The molecule has 1 saturated heterocycles. The van der Waals surface area contributed by atoms with Crippen LogP contribution in [-0.2, 0) is 17.1 Å². The molecule has 1 aliphatic heterocycles. The van der Waals surface area contributed by atoms with Crippen molar-refractivity contribution >= 4 is 0 Å². The molecule has 41 heavy (non-hydrogen) atoms. The van der Waals surface area contributed by atoms with E-state index in [2.05, 4.69) is 6.92 Å². The highest BCUT2D eigenvalue weighted by Gasteiger charge is 2.71. The summed E-state index contributed by atoms with van der Waals surface area (Å²) in [5.74, 6) is -3.24. The van der Waals surface area contributed by atoms with Gasteiger partial charge in [0.25, 0.3) is 5.56 Å². The van der Waals surface area contributed by atoms with E-state index in [9.17, 15) is 35.2 Å². The summed E-state index contributed by atoms with van der Waals surface area (Å²) in [4.78, 5) is 26.5. The molecule has 0 spiro atoms. The van der Waals surface area contributed by atoms with Crippen molar-refractivity contribution in [1.82, 2.24) is 14.6 Å². The molecule has 0 amide bonds. The number of alkyl halides is 1. The van der Waals surface area contributed by atoms with Crippen molar-refractivity contribution in [2.75, 3.05) is 6.61 Å². The normalized spacial score (nSPS) is 25.3. The molecular formula is C29H52FN3O8. The number of aliphatic hydroxyl groups is 4. The number of nitrogens with one attached hydrogen (secondary N) is 1. The van der Waals surface area contributed by atoms with Gasteiger partial charge in [-0.3, -0.25) is 9.78 Å². The van der Waals surface area contributed by atoms with Crippen LogP contribution in [0.4, 0.5) is 4.39 Å². The van der Waals surface area contributed by atoms with Crippen molar-refractivity contribution in [2.24, 2.45) is 0 Å². The molecule has 0 bridgehead atoms. The summed E-state index contributed by atoms with van der Waals surface area (Å²) < 4.78 is 20.7. The van der Waals surface area contributed by atoms with Gasteiger partial charge in [0.1, 0.15) is 12.2 Å². The van der Waals surface area contributed by atoms with Crippen LogP contribution in [0.3, 0.4) is 0 Å². The Balaban J connectivity index is 1.84. The highest BCUT2D eigenvalue weighted by Crippen LogP contribution is 2.44. The van der Waals surface area contributed by atoms with Crippen LogP contribution >= 0.6 is 0 Å². The van der Waals surface area contributed by atoms with Crippen LogP contribution in [0.25, 0.3) is 0 Å². The molecule has 1 aromatic heterocycles. The highest BCUT2D eigenvalue weighted by molar-refractivity contribution is 5.10. The molecule has 6 N–H and O–H groups in total. The lowest BCUT2D eigenvalue weighted by atomic mass is 9.99. The number of ether oxygens (including phenoxy) is 1. The summed E-state index contributed by atoms with van der Waals surface area (Å²) in [5.41, 5.74) is -5.24. The first-order valence-corrected chi connectivity index (χ1v) is 15.5. The van der Waals surface area contributed by atoms with E-state index in [1.54, 1.807) is 6.92 Å². The summed E-state index contributed by atoms with van der Waals surface area (Å²) in [6.45, 7) is 2.91. The van der Waals surface area contributed by atoms with Crippen molar-refractivity contribution in [3.63, 3.8) is 0 Å². The Bertz CT molecular complexity index is 1010. The molecule has 5 atom stereocenters. The maximum atomic E-state index is 15.2. The van der Waals surface area contributed by atoms with Gasteiger partial charge in [0.05, 0.1) is 6.61 Å². The van der Waals surface area contributed by atoms with Gasteiger partial charge in [-0.1, -0.05) is 104 Å². The molecule has 0 aliphatic carbocycles. The quantitative estimate of drug-likeness (QED) is 0.0545. The smallest absolute Gasteiger partial charge is 0.332 e.